The van der Waals surface area contributed by atoms with E-state index in [4.69, 9.17) is 16.3 Å². The molecule has 0 aliphatic rings. The number of amides is 2. The lowest BCUT2D eigenvalue weighted by Gasteiger charge is -2.14. The van der Waals surface area contributed by atoms with E-state index in [0.717, 1.165) is 11.1 Å². The Morgan fingerprint density at radius 3 is 2.91 bits per heavy atom. The van der Waals surface area contributed by atoms with Gasteiger partial charge in [-0.25, -0.2) is 4.79 Å². The van der Waals surface area contributed by atoms with Gasteiger partial charge in [0.05, 0.1) is 19.3 Å². The monoisotopic (exact) mass is 322 g/mol. The van der Waals surface area contributed by atoms with Crippen molar-refractivity contribution < 1.29 is 9.53 Å². The molecule has 1 aromatic heterocycles. The fourth-order valence-corrected chi connectivity index (χ4v) is 2.20. The molecular weight excluding hydrogens is 304 g/mol. The minimum atomic E-state index is -0.256. The number of aromatic nitrogens is 2. The molecule has 2 rings (SSSR count). The van der Waals surface area contributed by atoms with Crippen molar-refractivity contribution in [3.05, 3.63) is 46.7 Å². The quantitative estimate of drug-likeness (QED) is 0.889. The highest BCUT2D eigenvalue weighted by molar-refractivity contribution is 6.30. The van der Waals surface area contributed by atoms with Gasteiger partial charge in [0.25, 0.3) is 0 Å². The van der Waals surface area contributed by atoms with E-state index in [1.54, 1.807) is 30.1 Å². The van der Waals surface area contributed by atoms with Crippen molar-refractivity contribution in [1.29, 1.82) is 0 Å². The third-order valence-corrected chi connectivity index (χ3v) is 3.50. The molecule has 1 heterocycles. The number of methoxy groups -OCH3 is 1. The lowest BCUT2D eigenvalue weighted by Crippen LogP contribution is -2.36. The lowest BCUT2D eigenvalue weighted by atomic mass is 10.2. The maximum Gasteiger partial charge on any atom is 0.315 e. The number of carbonyl (C=O) groups is 1. The normalized spacial score (nSPS) is 11.8. The third kappa shape index (κ3) is 4.14. The Bertz CT molecular complexity index is 657. The zero-order valence-corrected chi connectivity index (χ0v) is 13.5. The molecule has 0 saturated carbocycles. The Morgan fingerprint density at radius 2 is 2.27 bits per heavy atom. The summed E-state index contributed by atoms with van der Waals surface area (Å²) in [6.07, 6.45) is 3.60. The zero-order valence-electron chi connectivity index (χ0n) is 12.8. The Balaban J connectivity index is 1.90. The van der Waals surface area contributed by atoms with Crippen molar-refractivity contribution in [3.8, 4) is 5.75 Å². The summed E-state index contributed by atoms with van der Waals surface area (Å²) in [5, 5.41) is 10.3. The predicted molar refractivity (Wildman–Crippen MR) is 85.0 cm³/mol. The minimum absolute atomic E-state index is 0.124. The Labute approximate surface area is 134 Å². The van der Waals surface area contributed by atoms with E-state index in [2.05, 4.69) is 15.7 Å². The summed E-state index contributed by atoms with van der Waals surface area (Å²) < 4.78 is 6.94. The van der Waals surface area contributed by atoms with Crippen LogP contribution < -0.4 is 15.4 Å². The molecular formula is C15H19ClN4O2. The first-order valence-corrected chi connectivity index (χ1v) is 7.22. The highest BCUT2D eigenvalue weighted by Crippen LogP contribution is 2.22. The summed E-state index contributed by atoms with van der Waals surface area (Å²) in [7, 11) is 3.41. The number of benzene rings is 1. The standard InChI is InChI=1S/C15H19ClN4O2/c1-10(12-8-18-20(2)9-12)19-15(21)17-7-11-4-5-13(16)6-14(11)22-3/h4-6,8-10H,7H2,1-3H3,(H2,17,19,21)/t10-/m1/s1. The first-order chi connectivity index (χ1) is 10.5. The van der Waals surface area contributed by atoms with Gasteiger partial charge in [0.1, 0.15) is 5.75 Å². The first-order valence-electron chi connectivity index (χ1n) is 6.85. The van der Waals surface area contributed by atoms with E-state index in [1.165, 1.54) is 0 Å². The molecule has 0 radical (unpaired) electrons. The van der Waals surface area contributed by atoms with Gasteiger partial charge in [0.2, 0.25) is 0 Å². The van der Waals surface area contributed by atoms with Gasteiger partial charge in [-0.05, 0) is 19.1 Å². The van der Waals surface area contributed by atoms with Gasteiger partial charge in [-0.15, -0.1) is 0 Å². The number of nitrogens with zero attached hydrogens (tertiary/aromatic N) is 2. The zero-order chi connectivity index (χ0) is 16.1. The van der Waals surface area contributed by atoms with Crippen LogP contribution >= 0.6 is 11.6 Å². The summed E-state index contributed by atoms with van der Waals surface area (Å²) >= 11 is 5.91. The number of ether oxygens (including phenoxy) is 1. The van der Waals surface area contributed by atoms with Crippen LogP contribution in [0.15, 0.2) is 30.6 Å². The number of rotatable bonds is 5. The fourth-order valence-electron chi connectivity index (χ4n) is 2.03. The maximum atomic E-state index is 12.0. The van der Waals surface area contributed by atoms with Crippen molar-refractivity contribution >= 4 is 17.6 Å². The highest BCUT2D eigenvalue weighted by atomic mass is 35.5. The molecule has 1 atom stereocenters. The third-order valence-electron chi connectivity index (χ3n) is 3.26. The summed E-state index contributed by atoms with van der Waals surface area (Å²) in [4.78, 5) is 12.0. The fraction of sp³-hybridized carbons (Fsp3) is 0.333. The molecule has 2 aromatic rings. The summed E-state index contributed by atoms with van der Waals surface area (Å²) in [5.41, 5.74) is 1.80. The molecule has 0 aliphatic carbocycles. The molecule has 22 heavy (non-hydrogen) atoms. The van der Waals surface area contributed by atoms with Crippen molar-refractivity contribution in [1.82, 2.24) is 20.4 Å². The van der Waals surface area contributed by atoms with Crippen LogP contribution in [0.5, 0.6) is 5.75 Å². The van der Waals surface area contributed by atoms with Gasteiger partial charge >= 0.3 is 6.03 Å². The molecule has 0 unspecified atom stereocenters. The van der Waals surface area contributed by atoms with E-state index in [0.29, 0.717) is 17.3 Å². The molecule has 1 aromatic carbocycles. The second-order valence-corrected chi connectivity index (χ2v) is 5.39. The van der Waals surface area contributed by atoms with Crippen LogP contribution in [-0.2, 0) is 13.6 Å². The van der Waals surface area contributed by atoms with E-state index < -0.39 is 0 Å². The smallest absolute Gasteiger partial charge is 0.315 e. The number of hydrogen-bond donors (Lipinski definition) is 2. The molecule has 6 nitrogen and oxygen atoms in total. The van der Waals surface area contributed by atoms with Crippen molar-refractivity contribution in [2.75, 3.05) is 7.11 Å². The molecule has 0 saturated heterocycles. The van der Waals surface area contributed by atoms with Crippen LogP contribution in [0, 0.1) is 0 Å². The first kappa shape index (κ1) is 16.2. The molecule has 118 valence electrons. The van der Waals surface area contributed by atoms with Crippen molar-refractivity contribution in [3.63, 3.8) is 0 Å². The van der Waals surface area contributed by atoms with Gasteiger partial charge in [0, 0.05) is 35.9 Å². The van der Waals surface area contributed by atoms with Crippen molar-refractivity contribution in [2.24, 2.45) is 7.05 Å². The van der Waals surface area contributed by atoms with Crippen LogP contribution in [0.4, 0.5) is 4.79 Å². The van der Waals surface area contributed by atoms with Crippen LogP contribution in [0.1, 0.15) is 24.1 Å². The number of urea groups is 1. The van der Waals surface area contributed by atoms with E-state index in [-0.39, 0.29) is 12.1 Å². The van der Waals surface area contributed by atoms with E-state index in [1.807, 2.05) is 26.2 Å². The second kappa shape index (κ2) is 7.17. The molecule has 0 bridgehead atoms. The van der Waals surface area contributed by atoms with E-state index >= 15 is 0 Å². The SMILES string of the molecule is COc1cc(Cl)ccc1CNC(=O)N[C@H](C)c1cnn(C)c1. The number of halogens is 1. The molecule has 2 N–H and O–H groups in total. The topological polar surface area (TPSA) is 68.2 Å². The molecule has 0 spiro atoms. The van der Waals surface area contributed by atoms with Gasteiger partial charge in [0.15, 0.2) is 0 Å². The predicted octanol–water partition coefficient (Wildman–Crippen LogP) is 2.64. The van der Waals surface area contributed by atoms with Crippen LogP contribution in [0.2, 0.25) is 5.02 Å². The van der Waals surface area contributed by atoms with Gasteiger partial charge in [-0.3, -0.25) is 4.68 Å². The van der Waals surface area contributed by atoms with E-state index in [9.17, 15) is 4.79 Å². The molecule has 0 aliphatic heterocycles. The number of nitrogens with one attached hydrogen (secondary N) is 2. The summed E-state index contributed by atoms with van der Waals surface area (Å²) in [6.45, 7) is 2.26. The average molecular weight is 323 g/mol. The molecule has 2 amide bonds. The summed E-state index contributed by atoms with van der Waals surface area (Å²) in [5.74, 6) is 0.646. The molecule has 0 fully saturated rings. The number of carbonyl (C=O) groups excluding carboxylic acids is 1. The van der Waals surface area contributed by atoms with Gasteiger partial charge < -0.3 is 15.4 Å². The average Bonchev–Trinajstić information content (AvgIpc) is 2.92. The Hall–Kier alpha value is -2.21. The van der Waals surface area contributed by atoms with Gasteiger partial charge in [-0.1, -0.05) is 17.7 Å². The number of aryl methyl sites for hydroxylation is 1. The summed E-state index contributed by atoms with van der Waals surface area (Å²) in [6, 6.07) is 4.92. The van der Waals surface area contributed by atoms with Crippen molar-refractivity contribution in [2.45, 2.75) is 19.5 Å². The second-order valence-electron chi connectivity index (χ2n) is 4.95. The maximum absolute atomic E-state index is 12.0. The largest absolute Gasteiger partial charge is 0.496 e. The van der Waals surface area contributed by atoms with Crippen LogP contribution in [-0.4, -0.2) is 22.9 Å². The highest BCUT2D eigenvalue weighted by Gasteiger charge is 2.11. The Kier molecular flexibility index (Phi) is 5.27. The van der Waals surface area contributed by atoms with Crippen LogP contribution in [0.3, 0.4) is 0 Å². The minimum Gasteiger partial charge on any atom is -0.496 e. The molecule has 7 heteroatoms. The Morgan fingerprint density at radius 1 is 1.50 bits per heavy atom. The lowest BCUT2D eigenvalue weighted by molar-refractivity contribution is 0.237. The van der Waals surface area contributed by atoms with Crippen LogP contribution in [0.25, 0.3) is 0 Å². The number of hydrogen-bond acceptors (Lipinski definition) is 3. The van der Waals surface area contributed by atoms with Gasteiger partial charge in [-0.2, -0.15) is 5.10 Å².